The SMILES string of the molecule is Cc1c(C(=O)NCC2NCCc3ccccc32)oc2c(C)cccc12.Cl. The van der Waals surface area contributed by atoms with Gasteiger partial charge in [-0.25, -0.2) is 0 Å². The topological polar surface area (TPSA) is 54.3 Å². The fourth-order valence-corrected chi connectivity index (χ4v) is 3.65. The van der Waals surface area contributed by atoms with E-state index in [2.05, 4.69) is 28.8 Å². The number of benzene rings is 2. The molecule has 1 amide bonds. The minimum Gasteiger partial charge on any atom is -0.450 e. The number of para-hydroxylation sites is 1. The molecule has 2 heterocycles. The second kappa shape index (κ2) is 7.52. The Morgan fingerprint density at radius 1 is 1.19 bits per heavy atom. The molecular weight excluding hydrogens is 348 g/mol. The van der Waals surface area contributed by atoms with E-state index < -0.39 is 0 Å². The highest BCUT2D eigenvalue weighted by atomic mass is 35.5. The Bertz CT molecular complexity index is 948. The van der Waals surface area contributed by atoms with Crippen molar-refractivity contribution < 1.29 is 9.21 Å². The molecule has 0 saturated carbocycles. The van der Waals surface area contributed by atoms with Gasteiger partial charge in [-0.15, -0.1) is 12.4 Å². The van der Waals surface area contributed by atoms with Gasteiger partial charge in [0.2, 0.25) is 0 Å². The lowest BCUT2D eigenvalue weighted by Gasteiger charge is -2.27. The molecule has 0 aliphatic carbocycles. The van der Waals surface area contributed by atoms with Crippen molar-refractivity contribution in [2.45, 2.75) is 26.3 Å². The van der Waals surface area contributed by atoms with E-state index in [0.717, 1.165) is 35.1 Å². The number of fused-ring (bicyclic) bond motifs is 2. The third kappa shape index (κ3) is 3.22. The molecule has 2 aromatic carbocycles. The Hall–Kier alpha value is -2.30. The fraction of sp³-hybridized carbons (Fsp3) is 0.286. The van der Waals surface area contributed by atoms with E-state index >= 15 is 0 Å². The van der Waals surface area contributed by atoms with Gasteiger partial charge < -0.3 is 15.1 Å². The predicted octanol–water partition coefficient (Wildman–Crippen LogP) is 4.09. The number of rotatable bonds is 3. The van der Waals surface area contributed by atoms with Crippen LogP contribution >= 0.6 is 12.4 Å². The van der Waals surface area contributed by atoms with Crippen molar-refractivity contribution in [2.75, 3.05) is 13.1 Å². The summed E-state index contributed by atoms with van der Waals surface area (Å²) in [5, 5.41) is 7.53. The summed E-state index contributed by atoms with van der Waals surface area (Å²) in [5.41, 5.74) is 5.37. The van der Waals surface area contributed by atoms with Crippen molar-refractivity contribution in [1.82, 2.24) is 10.6 Å². The van der Waals surface area contributed by atoms with E-state index in [4.69, 9.17) is 4.42 Å². The lowest BCUT2D eigenvalue weighted by molar-refractivity contribution is 0.0922. The van der Waals surface area contributed by atoms with Gasteiger partial charge in [0.15, 0.2) is 5.76 Å². The number of carbonyl (C=O) groups excluding carboxylic acids is 1. The molecule has 136 valence electrons. The summed E-state index contributed by atoms with van der Waals surface area (Å²) in [4.78, 5) is 12.7. The molecule has 0 bridgehead atoms. The normalized spacial score (nSPS) is 16.0. The largest absolute Gasteiger partial charge is 0.450 e. The molecule has 4 rings (SSSR count). The van der Waals surface area contributed by atoms with E-state index in [1.807, 2.05) is 38.1 Å². The highest BCUT2D eigenvalue weighted by Crippen LogP contribution is 2.28. The lowest BCUT2D eigenvalue weighted by atomic mass is 9.94. The Labute approximate surface area is 159 Å². The first-order valence-electron chi connectivity index (χ1n) is 8.73. The quantitative estimate of drug-likeness (QED) is 0.730. The molecule has 0 radical (unpaired) electrons. The zero-order valence-corrected chi connectivity index (χ0v) is 15.8. The average molecular weight is 371 g/mol. The Balaban J connectivity index is 0.00000196. The van der Waals surface area contributed by atoms with Crippen LogP contribution in [0.3, 0.4) is 0 Å². The zero-order valence-electron chi connectivity index (χ0n) is 15.0. The number of nitrogens with one attached hydrogen (secondary N) is 2. The molecule has 26 heavy (non-hydrogen) atoms. The van der Waals surface area contributed by atoms with Gasteiger partial charge in [0, 0.05) is 23.5 Å². The lowest BCUT2D eigenvalue weighted by Crippen LogP contribution is -2.38. The first-order valence-corrected chi connectivity index (χ1v) is 8.73. The smallest absolute Gasteiger partial charge is 0.287 e. The minimum atomic E-state index is -0.155. The molecule has 5 heteroatoms. The van der Waals surface area contributed by atoms with Crippen molar-refractivity contribution >= 4 is 29.3 Å². The van der Waals surface area contributed by atoms with Crippen molar-refractivity contribution in [3.63, 3.8) is 0 Å². The Kier molecular flexibility index (Phi) is 5.35. The van der Waals surface area contributed by atoms with E-state index in [1.54, 1.807) is 0 Å². The van der Waals surface area contributed by atoms with Crippen molar-refractivity contribution in [2.24, 2.45) is 0 Å². The maximum absolute atomic E-state index is 12.7. The number of furan rings is 1. The van der Waals surface area contributed by atoms with Crippen LogP contribution in [-0.2, 0) is 6.42 Å². The third-order valence-corrected chi connectivity index (χ3v) is 5.05. The molecule has 0 fully saturated rings. The van der Waals surface area contributed by atoms with Crippen molar-refractivity contribution in [3.05, 3.63) is 70.5 Å². The number of hydrogen-bond acceptors (Lipinski definition) is 3. The van der Waals surface area contributed by atoms with Crippen LogP contribution in [0.15, 0.2) is 46.9 Å². The summed E-state index contributed by atoms with van der Waals surface area (Å²) in [6.45, 7) is 5.41. The van der Waals surface area contributed by atoms with Gasteiger partial charge in [-0.2, -0.15) is 0 Å². The molecule has 1 aliphatic rings. The second-order valence-electron chi connectivity index (χ2n) is 6.67. The maximum atomic E-state index is 12.7. The van der Waals surface area contributed by atoms with E-state index in [-0.39, 0.29) is 24.4 Å². The molecule has 0 saturated heterocycles. The third-order valence-electron chi connectivity index (χ3n) is 5.05. The fourth-order valence-electron chi connectivity index (χ4n) is 3.65. The van der Waals surface area contributed by atoms with Crippen LogP contribution in [0.1, 0.15) is 38.9 Å². The van der Waals surface area contributed by atoms with Crippen LogP contribution < -0.4 is 10.6 Å². The minimum absolute atomic E-state index is 0. The van der Waals surface area contributed by atoms with E-state index in [1.165, 1.54) is 11.1 Å². The summed E-state index contributed by atoms with van der Waals surface area (Å²) in [5.74, 6) is 0.256. The first-order chi connectivity index (χ1) is 12.1. The number of hydrogen-bond donors (Lipinski definition) is 2. The van der Waals surface area contributed by atoms with Crippen LogP contribution in [0.5, 0.6) is 0 Å². The molecule has 4 nitrogen and oxygen atoms in total. The van der Waals surface area contributed by atoms with Gasteiger partial charge in [0.25, 0.3) is 5.91 Å². The molecule has 3 aromatic rings. The number of amides is 1. The van der Waals surface area contributed by atoms with Crippen molar-refractivity contribution in [3.8, 4) is 0 Å². The standard InChI is InChI=1S/C21H22N2O2.ClH/c1-13-6-5-9-16-14(2)20(25-19(13)16)21(24)23-12-18-17-8-4-3-7-15(17)10-11-22-18;/h3-9,18,22H,10-12H2,1-2H3,(H,23,24);1H. The monoisotopic (exact) mass is 370 g/mol. The number of carbonyl (C=O) groups is 1. The highest BCUT2D eigenvalue weighted by molar-refractivity contribution is 5.99. The van der Waals surface area contributed by atoms with E-state index in [9.17, 15) is 4.79 Å². The predicted molar refractivity (Wildman–Crippen MR) is 106 cm³/mol. The number of aryl methyl sites for hydroxylation is 2. The molecule has 2 N–H and O–H groups in total. The molecular formula is C21H23ClN2O2. The van der Waals surface area contributed by atoms with Gasteiger partial charge in [0.05, 0.1) is 0 Å². The molecule has 1 atom stereocenters. The van der Waals surface area contributed by atoms with Gasteiger partial charge in [0.1, 0.15) is 5.58 Å². The summed E-state index contributed by atoms with van der Waals surface area (Å²) in [6.07, 6.45) is 1.03. The van der Waals surface area contributed by atoms with Crippen LogP contribution in [0.25, 0.3) is 11.0 Å². The summed E-state index contributed by atoms with van der Waals surface area (Å²) < 4.78 is 5.87. The Morgan fingerprint density at radius 2 is 2.00 bits per heavy atom. The maximum Gasteiger partial charge on any atom is 0.287 e. The Morgan fingerprint density at radius 3 is 2.81 bits per heavy atom. The second-order valence-corrected chi connectivity index (χ2v) is 6.67. The average Bonchev–Trinajstić information content (AvgIpc) is 2.98. The summed E-state index contributed by atoms with van der Waals surface area (Å²) in [7, 11) is 0. The molecule has 0 spiro atoms. The highest BCUT2D eigenvalue weighted by Gasteiger charge is 2.22. The van der Waals surface area contributed by atoms with Crippen LogP contribution in [0, 0.1) is 13.8 Å². The van der Waals surface area contributed by atoms with Crippen LogP contribution in [0.4, 0.5) is 0 Å². The summed E-state index contributed by atoms with van der Waals surface area (Å²) in [6, 6.07) is 14.5. The van der Waals surface area contributed by atoms with Gasteiger partial charge in [-0.05, 0) is 43.5 Å². The molecule has 1 aliphatic heterocycles. The number of halogens is 1. The van der Waals surface area contributed by atoms with Gasteiger partial charge in [-0.1, -0.05) is 42.5 Å². The zero-order chi connectivity index (χ0) is 17.4. The van der Waals surface area contributed by atoms with Gasteiger partial charge in [-0.3, -0.25) is 4.79 Å². The van der Waals surface area contributed by atoms with Crippen LogP contribution in [0.2, 0.25) is 0 Å². The van der Waals surface area contributed by atoms with Crippen LogP contribution in [-0.4, -0.2) is 19.0 Å². The molecule has 1 unspecified atom stereocenters. The summed E-state index contributed by atoms with van der Waals surface area (Å²) >= 11 is 0. The van der Waals surface area contributed by atoms with Crippen molar-refractivity contribution in [1.29, 1.82) is 0 Å². The van der Waals surface area contributed by atoms with Gasteiger partial charge >= 0.3 is 0 Å². The van der Waals surface area contributed by atoms with E-state index in [0.29, 0.717) is 12.3 Å². The molecule has 1 aromatic heterocycles. The first kappa shape index (κ1) is 18.5.